The molecule has 1 aliphatic heterocycles. The van der Waals surface area contributed by atoms with Crippen LogP contribution in [0.5, 0.6) is 0 Å². The van der Waals surface area contributed by atoms with Crippen LogP contribution in [0.3, 0.4) is 0 Å². The van der Waals surface area contributed by atoms with Gasteiger partial charge in [-0.3, -0.25) is 4.79 Å². The van der Waals surface area contributed by atoms with Crippen molar-refractivity contribution >= 4 is 28.3 Å². The van der Waals surface area contributed by atoms with Gasteiger partial charge in [0.05, 0.1) is 30.6 Å². The molecular weight excluding hydrogens is 388 g/mol. The third-order valence-electron chi connectivity index (χ3n) is 6.66. The van der Waals surface area contributed by atoms with E-state index < -0.39 is 0 Å². The normalized spacial score (nSPS) is 18.8. The number of benzene rings is 2. The molecule has 1 N–H and O–H groups in total. The Hall–Kier alpha value is -2.86. The number of hydrogen-bond donors (Lipinski definition) is 1. The fourth-order valence-corrected chi connectivity index (χ4v) is 5.01. The van der Waals surface area contributed by atoms with Crippen molar-refractivity contribution in [3.05, 3.63) is 54.9 Å². The summed E-state index contributed by atoms with van der Waals surface area (Å²) in [6.45, 7) is 3.34. The maximum Gasteiger partial charge on any atom is 0.247 e. The molecule has 2 fully saturated rings. The van der Waals surface area contributed by atoms with Gasteiger partial charge in [-0.15, -0.1) is 0 Å². The quantitative estimate of drug-likeness (QED) is 0.656. The van der Waals surface area contributed by atoms with Gasteiger partial charge < -0.3 is 19.5 Å². The Balaban J connectivity index is 1.38. The van der Waals surface area contributed by atoms with Crippen LogP contribution in [0.4, 0.5) is 11.4 Å². The molecule has 1 aromatic heterocycles. The number of ether oxygens (including phenoxy) is 1. The number of amides is 1. The van der Waals surface area contributed by atoms with Crippen molar-refractivity contribution in [2.75, 3.05) is 36.5 Å². The van der Waals surface area contributed by atoms with Crippen molar-refractivity contribution in [3.63, 3.8) is 0 Å². The average molecular weight is 419 g/mol. The lowest BCUT2D eigenvalue weighted by Crippen LogP contribution is -2.36. The molecule has 1 amide bonds. The summed E-state index contributed by atoms with van der Waals surface area (Å²) >= 11 is 0. The highest BCUT2D eigenvalue weighted by Gasteiger charge is 2.32. The number of morpholine rings is 1. The Kier molecular flexibility index (Phi) is 5.89. The number of carbonyl (C=O) groups excluding carboxylic acids is 1. The first-order chi connectivity index (χ1) is 15.3. The second-order valence-electron chi connectivity index (χ2n) is 8.62. The third kappa shape index (κ3) is 4.30. The van der Waals surface area contributed by atoms with E-state index in [-0.39, 0.29) is 11.9 Å². The number of anilines is 2. The van der Waals surface area contributed by atoms with E-state index in [0.29, 0.717) is 5.92 Å². The molecule has 5 rings (SSSR count). The van der Waals surface area contributed by atoms with Gasteiger partial charge in [0, 0.05) is 24.5 Å². The van der Waals surface area contributed by atoms with Gasteiger partial charge in [0.25, 0.3) is 0 Å². The van der Waals surface area contributed by atoms with Gasteiger partial charge in [0.1, 0.15) is 6.04 Å². The second kappa shape index (κ2) is 9.10. The number of hydrogen-bond acceptors (Lipinski definition) is 4. The summed E-state index contributed by atoms with van der Waals surface area (Å²) in [7, 11) is 0. The molecule has 2 heterocycles. The van der Waals surface area contributed by atoms with E-state index >= 15 is 0 Å². The van der Waals surface area contributed by atoms with Crippen molar-refractivity contribution in [2.24, 2.45) is 5.92 Å². The zero-order valence-electron chi connectivity index (χ0n) is 17.9. The Morgan fingerprint density at radius 2 is 1.74 bits per heavy atom. The largest absolute Gasteiger partial charge is 0.378 e. The van der Waals surface area contributed by atoms with Crippen molar-refractivity contribution in [1.29, 1.82) is 0 Å². The molecule has 0 bridgehead atoms. The topological polar surface area (TPSA) is 59.4 Å². The average Bonchev–Trinajstić information content (AvgIpc) is 3.25. The number of nitrogens with one attached hydrogen (secondary N) is 1. The minimum atomic E-state index is -0.244. The van der Waals surface area contributed by atoms with Crippen molar-refractivity contribution in [3.8, 4) is 0 Å². The predicted molar refractivity (Wildman–Crippen MR) is 123 cm³/mol. The minimum Gasteiger partial charge on any atom is -0.378 e. The standard InChI is InChI=1S/C25H30N4O2/c30-25(27-20-10-12-21(13-11-20)28-14-16-31-17-15-28)24(19-6-2-1-3-7-19)29-18-26-22-8-4-5-9-23(22)29/h4-5,8-13,18-19,24H,1-3,6-7,14-17H2,(H,27,30). The van der Waals surface area contributed by atoms with E-state index in [2.05, 4.69) is 38.0 Å². The number of nitrogens with zero attached hydrogens (tertiary/aromatic N) is 3. The van der Waals surface area contributed by atoms with E-state index in [1.165, 1.54) is 24.9 Å². The molecular formula is C25H30N4O2. The van der Waals surface area contributed by atoms with Gasteiger partial charge >= 0.3 is 0 Å². The highest BCUT2D eigenvalue weighted by atomic mass is 16.5. The maximum atomic E-state index is 13.6. The zero-order valence-corrected chi connectivity index (χ0v) is 17.9. The molecule has 0 spiro atoms. The summed E-state index contributed by atoms with van der Waals surface area (Å²) in [4.78, 5) is 20.4. The van der Waals surface area contributed by atoms with Crippen molar-refractivity contribution in [1.82, 2.24) is 9.55 Å². The molecule has 31 heavy (non-hydrogen) atoms. The molecule has 0 radical (unpaired) electrons. The summed E-state index contributed by atoms with van der Waals surface area (Å²) in [5.74, 6) is 0.383. The lowest BCUT2D eigenvalue weighted by atomic mass is 9.83. The molecule has 2 aromatic carbocycles. The third-order valence-corrected chi connectivity index (χ3v) is 6.66. The number of para-hydroxylation sites is 2. The number of rotatable bonds is 5. The van der Waals surface area contributed by atoms with Crippen LogP contribution in [-0.2, 0) is 9.53 Å². The number of fused-ring (bicyclic) bond motifs is 1. The zero-order chi connectivity index (χ0) is 21.0. The first-order valence-corrected chi connectivity index (χ1v) is 11.4. The van der Waals surface area contributed by atoms with Crippen LogP contribution in [0.15, 0.2) is 54.9 Å². The Morgan fingerprint density at radius 1 is 1.00 bits per heavy atom. The van der Waals surface area contributed by atoms with Crippen LogP contribution < -0.4 is 10.2 Å². The van der Waals surface area contributed by atoms with Gasteiger partial charge in [-0.25, -0.2) is 4.98 Å². The smallest absolute Gasteiger partial charge is 0.247 e. The van der Waals surface area contributed by atoms with Crippen molar-refractivity contribution < 1.29 is 9.53 Å². The minimum absolute atomic E-state index is 0.0502. The Labute approximate surface area is 183 Å². The van der Waals surface area contributed by atoms with Crippen LogP contribution >= 0.6 is 0 Å². The molecule has 1 saturated heterocycles. The highest BCUT2D eigenvalue weighted by Crippen LogP contribution is 2.35. The van der Waals surface area contributed by atoms with E-state index in [0.717, 1.165) is 55.9 Å². The van der Waals surface area contributed by atoms with Crippen molar-refractivity contribution in [2.45, 2.75) is 38.1 Å². The fraction of sp³-hybridized carbons (Fsp3) is 0.440. The van der Waals surface area contributed by atoms with Gasteiger partial charge in [0.15, 0.2) is 0 Å². The van der Waals surface area contributed by atoms with E-state index in [1.807, 2.05) is 36.7 Å². The summed E-state index contributed by atoms with van der Waals surface area (Å²) < 4.78 is 7.53. The Morgan fingerprint density at radius 3 is 2.52 bits per heavy atom. The fourth-order valence-electron chi connectivity index (χ4n) is 5.01. The van der Waals surface area contributed by atoms with Crippen LogP contribution in [0.2, 0.25) is 0 Å². The monoisotopic (exact) mass is 418 g/mol. The van der Waals surface area contributed by atoms with Crippen LogP contribution in [0.1, 0.15) is 38.1 Å². The molecule has 6 heteroatoms. The van der Waals surface area contributed by atoms with Gasteiger partial charge in [-0.05, 0) is 55.2 Å². The van der Waals surface area contributed by atoms with Crippen LogP contribution in [0.25, 0.3) is 11.0 Å². The first kappa shape index (κ1) is 20.1. The number of aromatic nitrogens is 2. The summed E-state index contributed by atoms with van der Waals surface area (Å²) in [6, 6.07) is 16.0. The van der Waals surface area contributed by atoms with E-state index in [9.17, 15) is 4.79 Å². The lowest BCUT2D eigenvalue weighted by Gasteiger charge is -2.31. The number of imidazole rings is 1. The number of carbonyl (C=O) groups is 1. The molecule has 3 aromatic rings. The second-order valence-corrected chi connectivity index (χ2v) is 8.62. The Bertz CT molecular complexity index is 1020. The lowest BCUT2D eigenvalue weighted by molar-refractivity contribution is -0.121. The molecule has 1 aliphatic carbocycles. The van der Waals surface area contributed by atoms with Gasteiger partial charge in [0.2, 0.25) is 5.91 Å². The molecule has 6 nitrogen and oxygen atoms in total. The van der Waals surface area contributed by atoms with E-state index in [1.54, 1.807) is 0 Å². The van der Waals surface area contributed by atoms with Gasteiger partial charge in [-0.1, -0.05) is 31.4 Å². The highest BCUT2D eigenvalue weighted by molar-refractivity contribution is 5.95. The van der Waals surface area contributed by atoms with Crippen LogP contribution in [-0.4, -0.2) is 41.8 Å². The summed E-state index contributed by atoms with van der Waals surface area (Å²) in [5.41, 5.74) is 3.97. The summed E-state index contributed by atoms with van der Waals surface area (Å²) in [6.07, 6.45) is 7.65. The maximum absolute atomic E-state index is 13.6. The molecule has 1 atom stereocenters. The predicted octanol–water partition coefficient (Wildman–Crippen LogP) is 4.63. The first-order valence-electron chi connectivity index (χ1n) is 11.4. The molecule has 2 aliphatic rings. The van der Waals surface area contributed by atoms with Gasteiger partial charge in [-0.2, -0.15) is 0 Å². The van der Waals surface area contributed by atoms with E-state index in [4.69, 9.17) is 4.74 Å². The summed E-state index contributed by atoms with van der Waals surface area (Å²) in [5, 5.41) is 3.19. The SMILES string of the molecule is O=C(Nc1ccc(N2CCOCC2)cc1)C(C1CCCCC1)n1cnc2ccccc21. The van der Waals surface area contributed by atoms with Crippen LogP contribution in [0, 0.1) is 5.92 Å². The molecule has 162 valence electrons. The molecule has 1 saturated carbocycles. The molecule has 1 unspecified atom stereocenters.